The fourth-order valence-corrected chi connectivity index (χ4v) is 4.28. The van der Waals surface area contributed by atoms with E-state index >= 15 is 0 Å². The van der Waals surface area contributed by atoms with Gasteiger partial charge in [0.05, 0.1) is 5.25 Å². The van der Waals surface area contributed by atoms with E-state index in [1.165, 1.54) is 28.5 Å². The van der Waals surface area contributed by atoms with Crippen LogP contribution in [0.25, 0.3) is 11.4 Å². The minimum absolute atomic E-state index is 0.137. The van der Waals surface area contributed by atoms with Gasteiger partial charge in [-0.3, -0.25) is 9.89 Å². The Kier molecular flexibility index (Phi) is 5.48. The highest BCUT2D eigenvalue weighted by molar-refractivity contribution is 8.00. The summed E-state index contributed by atoms with van der Waals surface area (Å²) < 4.78 is 0. The lowest BCUT2D eigenvalue weighted by atomic mass is 10.00. The number of aryl methyl sites for hydroxylation is 1. The topological polar surface area (TPSA) is 61.9 Å². The van der Waals surface area contributed by atoms with Crippen molar-refractivity contribution in [3.05, 3.63) is 65.2 Å². The second-order valence-corrected chi connectivity index (χ2v) is 8.36. The third-order valence-corrected chi connectivity index (χ3v) is 6.12. The second kappa shape index (κ2) is 8.19. The quantitative estimate of drug-likeness (QED) is 0.664. The van der Waals surface area contributed by atoms with Gasteiger partial charge in [-0.1, -0.05) is 67.2 Å². The zero-order valence-corrected chi connectivity index (χ0v) is 17.0. The van der Waals surface area contributed by atoms with Gasteiger partial charge in [-0.05, 0) is 36.5 Å². The number of nitrogens with one attached hydrogen (secondary N) is 1. The number of nitrogens with zero attached hydrogens (tertiary/aromatic N) is 3. The number of aromatic amines is 1. The lowest BCUT2D eigenvalue weighted by Gasteiger charge is -2.30. The van der Waals surface area contributed by atoms with Crippen molar-refractivity contribution >= 4 is 17.7 Å². The predicted octanol–water partition coefficient (Wildman–Crippen LogP) is 4.10. The van der Waals surface area contributed by atoms with Crippen LogP contribution in [0.2, 0.25) is 0 Å². The Morgan fingerprint density at radius 3 is 2.68 bits per heavy atom. The monoisotopic (exact) mass is 392 g/mol. The predicted molar refractivity (Wildman–Crippen MR) is 112 cm³/mol. The molecule has 28 heavy (non-hydrogen) atoms. The summed E-state index contributed by atoms with van der Waals surface area (Å²) in [5.74, 6) is 0.870. The van der Waals surface area contributed by atoms with Gasteiger partial charge in [0.1, 0.15) is 0 Å². The number of carbonyl (C=O) groups excluding carboxylic acids is 1. The maximum absolute atomic E-state index is 12.9. The normalized spacial score (nSPS) is 14.6. The van der Waals surface area contributed by atoms with Crippen molar-refractivity contribution in [2.45, 2.75) is 43.6 Å². The zero-order chi connectivity index (χ0) is 19.5. The number of thioether (sulfide) groups is 1. The summed E-state index contributed by atoms with van der Waals surface area (Å²) in [5.41, 5.74) is 4.89. The fourth-order valence-electron chi connectivity index (χ4n) is 3.48. The van der Waals surface area contributed by atoms with Gasteiger partial charge in [-0.15, -0.1) is 5.10 Å². The van der Waals surface area contributed by atoms with Crippen LogP contribution in [-0.4, -0.2) is 37.8 Å². The lowest BCUT2D eigenvalue weighted by molar-refractivity contribution is -0.131. The van der Waals surface area contributed by atoms with Crippen molar-refractivity contribution in [3.63, 3.8) is 0 Å². The molecule has 0 spiro atoms. The first kappa shape index (κ1) is 18.7. The summed E-state index contributed by atoms with van der Waals surface area (Å²) in [4.78, 5) is 19.4. The van der Waals surface area contributed by atoms with Crippen LogP contribution >= 0.6 is 11.8 Å². The molecule has 4 rings (SSSR count). The van der Waals surface area contributed by atoms with Crippen LogP contribution in [0.3, 0.4) is 0 Å². The highest BCUT2D eigenvalue weighted by atomic mass is 32.2. The molecule has 1 aliphatic heterocycles. The number of aromatic nitrogens is 3. The van der Waals surface area contributed by atoms with Gasteiger partial charge in [0, 0.05) is 18.7 Å². The molecule has 5 nitrogen and oxygen atoms in total. The molecule has 1 amide bonds. The second-order valence-electron chi connectivity index (χ2n) is 7.06. The molecule has 0 fully saturated rings. The summed E-state index contributed by atoms with van der Waals surface area (Å²) in [7, 11) is 0. The van der Waals surface area contributed by atoms with Crippen LogP contribution in [0.5, 0.6) is 0 Å². The number of rotatable bonds is 5. The summed E-state index contributed by atoms with van der Waals surface area (Å²) in [5, 5.41) is 7.66. The fraction of sp³-hybridized carbons (Fsp3) is 0.318. The molecule has 0 aliphatic carbocycles. The summed E-state index contributed by atoms with van der Waals surface area (Å²) in [6, 6.07) is 16.7. The summed E-state index contributed by atoms with van der Waals surface area (Å²) >= 11 is 1.41. The van der Waals surface area contributed by atoms with Crippen molar-refractivity contribution in [3.8, 4) is 11.4 Å². The molecular formula is C22H24N4OS. The maximum Gasteiger partial charge on any atom is 0.236 e. The Labute approximate surface area is 169 Å². The van der Waals surface area contributed by atoms with E-state index in [2.05, 4.69) is 52.4 Å². The maximum atomic E-state index is 12.9. The van der Waals surface area contributed by atoms with Crippen molar-refractivity contribution in [2.75, 3.05) is 6.54 Å². The lowest BCUT2D eigenvalue weighted by Crippen LogP contribution is -2.40. The molecule has 0 radical (unpaired) electrons. The van der Waals surface area contributed by atoms with E-state index in [0.29, 0.717) is 11.7 Å². The number of amides is 1. The first-order valence-electron chi connectivity index (χ1n) is 9.68. The van der Waals surface area contributed by atoms with E-state index in [4.69, 9.17) is 0 Å². The third kappa shape index (κ3) is 3.97. The van der Waals surface area contributed by atoms with Crippen LogP contribution in [0.15, 0.2) is 53.7 Å². The Hall–Kier alpha value is -2.60. The molecule has 0 unspecified atom stereocenters. The minimum atomic E-state index is -0.226. The van der Waals surface area contributed by atoms with Gasteiger partial charge in [-0.25, -0.2) is 4.98 Å². The van der Waals surface area contributed by atoms with Crippen LogP contribution in [-0.2, 0) is 24.2 Å². The van der Waals surface area contributed by atoms with Gasteiger partial charge in [0.2, 0.25) is 11.1 Å². The molecule has 1 N–H and O–H groups in total. The number of hydrogen-bond donors (Lipinski definition) is 1. The Balaban J connectivity index is 1.40. The van der Waals surface area contributed by atoms with E-state index in [9.17, 15) is 4.79 Å². The standard InChI is InChI=1S/C22H24N4OS/c1-3-16-8-10-18(11-9-16)20-23-22(25-24-20)28-15(2)21(27)26-13-12-17-6-4-5-7-19(17)14-26/h4-11,15H,3,12-14H2,1-2H3,(H,23,24,25)/t15-/m1/s1. The van der Waals surface area contributed by atoms with Gasteiger partial charge < -0.3 is 4.90 Å². The van der Waals surface area contributed by atoms with Crippen LogP contribution in [0.1, 0.15) is 30.5 Å². The highest BCUT2D eigenvalue weighted by Crippen LogP contribution is 2.26. The van der Waals surface area contributed by atoms with Crippen molar-refractivity contribution in [1.29, 1.82) is 0 Å². The van der Waals surface area contributed by atoms with Crippen LogP contribution in [0.4, 0.5) is 0 Å². The summed E-state index contributed by atoms with van der Waals surface area (Å²) in [6.07, 6.45) is 1.93. The first-order chi connectivity index (χ1) is 13.6. The number of fused-ring (bicyclic) bond motifs is 1. The zero-order valence-electron chi connectivity index (χ0n) is 16.2. The van der Waals surface area contributed by atoms with Gasteiger partial charge in [0.25, 0.3) is 0 Å². The largest absolute Gasteiger partial charge is 0.337 e. The molecule has 3 aromatic rings. The minimum Gasteiger partial charge on any atom is -0.337 e. The molecule has 2 heterocycles. The van der Waals surface area contributed by atoms with Crippen molar-refractivity contribution in [2.24, 2.45) is 0 Å². The number of carbonyl (C=O) groups is 1. The molecule has 0 bridgehead atoms. The smallest absolute Gasteiger partial charge is 0.236 e. The molecule has 6 heteroatoms. The first-order valence-corrected chi connectivity index (χ1v) is 10.6. The molecule has 2 aromatic carbocycles. The van der Waals surface area contributed by atoms with Crippen molar-refractivity contribution in [1.82, 2.24) is 20.1 Å². The van der Waals surface area contributed by atoms with E-state index in [1.807, 2.05) is 30.0 Å². The molecule has 0 saturated carbocycles. The van der Waals surface area contributed by atoms with Crippen molar-refractivity contribution < 1.29 is 4.79 Å². The number of H-pyrrole nitrogens is 1. The van der Waals surface area contributed by atoms with E-state index in [1.54, 1.807) is 0 Å². The molecule has 1 atom stereocenters. The van der Waals surface area contributed by atoms with Crippen LogP contribution < -0.4 is 0 Å². The molecule has 1 aromatic heterocycles. The van der Waals surface area contributed by atoms with Gasteiger partial charge in [-0.2, -0.15) is 0 Å². The van der Waals surface area contributed by atoms with E-state index < -0.39 is 0 Å². The molecule has 144 valence electrons. The van der Waals surface area contributed by atoms with E-state index in [0.717, 1.165) is 30.8 Å². The Morgan fingerprint density at radius 2 is 1.93 bits per heavy atom. The average Bonchev–Trinajstić information content (AvgIpc) is 3.21. The average molecular weight is 393 g/mol. The Bertz CT molecular complexity index is 967. The number of hydrogen-bond acceptors (Lipinski definition) is 4. The summed E-state index contributed by atoms with van der Waals surface area (Å²) in [6.45, 7) is 5.52. The van der Waals surface area contributed by atoms with Crippen LogP contribution in [0, 0.1) is 0 Å². The molecule has 0 saturated heterocycles. The highest BCUT2D eigenvalue weighted by Gasteiger charge is 2.26. The third-order valence-electron chi connectivity index (χ3n) is 5.17. The van der Waals surface area contributed by atoms with Gasteiger partial charge in [0.15, 0.2) is 5.82 Å². The SMILES string of the molecule is CCc1ccc(-c2nc(S[C@H](C)C(=O)N3CCc4ccccc4C3)n[nH]2)cc1. The van der Waals surface area contributed by atoms with E-state index in [-0.39, 0.29) is 11.2 Å². The number of benzene rings is 2. The molecule has 1 aliphatic rings. The van der Waals surface area contributed by atoms with Gasteiger partial charge >= 0.3 is 0 Å². The molecular weight excluding hydrogens is 368 g/mol. The Morgan fingerprint density at radius 1 is 1.18 bits per heavy atom.